The van der Waals surface area contributed by atoms with Crippen LogP contribution in [0.15, 0.2) is 18.2 Å². The van der Waals surface area contributed by atoms with Gasteiger partial charge in [-0.2, -0.15) is 0 Å². The van der Waals surface area contributed by atoms with Crippen LogP contribution in [0.25, 0.3) is 0 Å². The summed E-state index contributed by atoms with van der Waals surface area (Å²) in [5.74, 6) is -0.327. The summed E-state index contributed by atoms with van der Waals surface area (Å²) < 4.78 is 14.2. The van der Waals surface area contributed by atoms with Gasteiger partial charge in [-0.3, -0.25) is 4.90 Å². The quantitative estimate of drug-likeness (QED) is 0.830. The van der Waals surface area contributed by atoms with Gasteiger partial charge >= 0.3 is 0 Å². The molecule has 1 heterocycles. The highest BCUT2D eigenvalue weighted by molar-refractivity contribution is 7.80. The molecule has 19 heavy (non-hydrogen) atoms. The first-order chi connectivity index (χ1) is 8.89. The molecule has 2 rings (SSSR count). The van der Waals surface area contributed by atoms with Crippen molar-refractivity contribution in [1.29, 1.82) is 0 Å². The van der Waals surface area contributed by atoms with Crippen LogP contribution in [0, 0.1) is 5.82 Å². The summed E-state index contributed by atoms with van der Waals surface area (Å²) in [6.45, 7) is 3.91. The molecule has 1 aromatic carbocycles. The Morgan fingerprint density at radius 3 is 2.68 bits per heavy atom. The third-order valence-electron chi connectivity index (χ3n) is 3.67. The summed E-state index contributed by atoms with van der Waals surface area (Å²) >= 11 is 4.83. The molecular weight excluding hydrogens is 263 g/mol. The van der Waals surface area contributed by atoms with Gasteiger partial charge in [0.15, 0.2) is 0 Å². The Bertz CT molecular complexity index is 480. The van der Waals surface area contributed by atoms with Gasteiger partial charge in [0.1, 0.15) is 10.8 Å². The second kappa shape index (κ2) is 5.53. The molecule has 1 fully saturated rings. The highest BCUT2D eigenvalue weighted by Gasteiger charge is 2.27. The third-order valence-corrected chi connectivity index (χ3v) is 3.89. The van der Waals surface area contributed by atoms with Gasteiger partial charge in [-0.15, -0.1) is 0 Å². The van der Waals surface area contributed by atoms with Crippen LogP contribution in [-0.4, -0.2) is 33.7 Å². The number of benzene rings is 1. The monoisotopic (exact) mass is 282 g/mol. The fraction of sp³-hybridized carbons (Fsp3) is 0.500. The van der Waals surface area contributed by atoms with Crippen LogP contribution in [0.1, 0.15) is 30.9 Å². The second-order valence-corrected chi connectivity index (χ2v) is 5.86. The second-order valence-electron chi connectivity index (χ2n) is 5.42. The number of nitrogens with zero attached hydrogens (tertiary/aromatic N) is 1. The van der Waals surface area contributed by atoms with Crippen LogP contribution in [0.5, 0.6) is 0 Å². The van der Waals surface area contributed by atoms with Crippen molar-refractivity contribution in [3.63, 3.8) is 0 Å². The summed E-state index contributed by atoms with van der Waals surface area (Å²) in [6, 6.07) is 5.12. The maximum atomic E-state index is 14.2. The van der Waals surface area contributed by atoms with Gasteiger partial charge < -0.3 is 10.8 Å². The van der Waals surface area contributed by atoms with Crippen LogP contribution >= 0.6 is 12.2 Å². The lowest BCUT2D eigenvalue weighted by atomic mass is 9.93. The zero-order valence-electron chi connectivity index (χ0n) is 11.0. The lowest BCUT2D eigenvalue weighted by Gasteiger charge is -2.35. The number of thiocarbonyl (C=S) groups is 1. The number of halogens is 1. The molecule has 0 bridgehead atoms. The van der Waals surface area contributed by atoms with Crippen molar-refractivity contribution >= 4 is 17.2 Å². The fourth-order valence-corrected chi connectivity index (χ4v) is 2.48. The van der Waals surface area contributed by atoms with E-state index in [0.29, 0.717) is 30.5 Å². The molecule has 0 aromatic heterocycles. The topological polar surface area (TPSA) is 49.5 Å². The number of rotatable bonds is 3. The maximum Gasteiger partial charge on any atom is 0.137 e. The average Bonchev–Trinajstić information content (AvgIpc) is 2.34. The molecule has 0 aliphatic carbocycles. The van der Waals surface area contributed by atoms with E-state index in [9.17, 15) is 9.50 Å². The van der Waals surface area contributed by atoms with E-state index in [0.717, 1.165) is 13.1 Å². The van der Waals surface area contributed by atoms with E-state index in [1.165, 1.54) is 0 Å². The Hall–Kier alpha value is -1.04. The molecule has 5 heteroatoms. The first-order valence-corrected chi connectivity index (χ1v) is 6.82. The molecule has 0 amide bonds. The normalized spacial score (nSPS) is 19.3. The number of nitrogens with two attached hydrogens (primary N) is 1. The molecule has 1 aliphatic heterocycles. The van der Waals surface area contributed by atoms with Gasteiger partial charge in [0.05, 0.1) is 5.60 Å². The number of likely N-dealkylation sites (tertiary alicyclic amines) is 1. The van der Waals surface area contributed by atoms with E-state index in [1.807, 2.05) is 6.92 Å². The Balaban J connectivity index is 2.08. The minimum absolute atomic E-state index is 0.0842. The van der Waals surface area contributed by atoms with Crippen molar-refractivity contribution in [1.82, 2.24) is 4.90 Å². The van der Waals surface area contributed by atoms with Crippen molar-refractivity contribution in [2.24, 2.45) is 5.73 Å². The van der Waals surface area contributed by atoms with Gasteiger partial charge in [0, 0.05) is 30.8 Å². The molecule has 3 N–H and O–H groups in total. The zero-order valence-corrected chi connectivity index (χ0v) is 11.8. The molecule has 1 saturated heterocycles. The van der Waals surface area contributed by atoms with Crippen LogP contribution in [0.2, 0.25) is 0 Å². The van der Waals surface area contributed by atoms with Crippen molar-refractivity contribution in [2.75, 3.05) is 13.1 Å². The number of aliphatic hydroxyl groups is 1. The predicted octanol–water partition coefficient (Wildman–Crippen LogP) is 1.81. The molecule has 0 radical (unpaired) electrons. The van der Waals surface area contributed by atoms with Crippen LogP contribution in [0.4, 0.5) is 4.39 Å². The van der Waals surface area contributed by atoms with Crippen LogP contribution in [-0.2, 0) is 6.54 Å². The Morgan fingerprint density at radius 1 is 1.47 bits per heavy atom. The first kappa shape index (κ1) is 14.4. The van der Waals surface area contributed by atoms with E-state index in [4.69, 9.17) is 18.0 Å². The van der Waals surface area contributed by atoms with E-state index >= 15 is 0 Å². The molecule has 3 nitrogen and oxygen atoms in total. The third kappa shape index (κ3) is 3.49. The lowest BCUT2D eigenvalue weighted by molar-refractivity contribution is -0.00749. The van der Waals surface area contributed by atoms with Crippen LogP contribution in [0.3, 0.4) is 0 Å². The fourth-order valence-electron chi connectivity index (χ4n) is 2.33. The van der Waals surface area contributed by atoms with Gasteiger partial charge in [0.25, 0.3) is 0 Å². The molecule has 104 valence electrons. The van der Waals surface area contributed by atoms with E-state index in [2.05, 4.69) is 4.90 Å². The summed E-state index contributed by atoms with van der Waals surface area (Å²) in [6.07, 6.45) is 1.42. The first-order valence-electron chi connectivity index (χ1n) is 6.41. The van der Waals surface area contributed by atoms with Crippen molar-refractivity contribution in [3.05, 3.63) is 35.1 Å². The Labute approximate surface area is 118 Å². The molecule has 1 aliphatic rings. The van der Waals surface area contributed by atoms with Gasteiger partial charge in [-0.25, -0.2) is 4.39 Å². The number of piperidine rings is 1. The summed E-state index contributed by atoms with van der Waals surface area (Å²) in [5.41, 5.74) is 5.82. The average molecular weight is 282 g/mol. The maximum absolute atomic E-state index is 14.2. The standard InChI is InChI=1S/C14H19FN2OS/c1-14(18)5-7-17(8-6-14)9-10-3-2-4-11(12(10)15)13(16)19/h2-4,18H,5-9H2,1H3,(H2,16,19). The minimum atomic E-state index is -0.588. The molecule has 0 spiro atoms. The summed E-state index contributed by atoms with van der Waals surface area (Å²) in [7, 11) is 0. The van der Waals surface area contributed by atoms with E-state index in [1.54, 1.807) is 18.2 Å². The number of hydrogen-bond donors (Lipinski definition) is 2. The Kier molecular flexibility index (Phi) is 4.18. The summed E-state index contributed by atoms with van der Waals surface area (Å²) in [4.78, 5) is 2.22. The van der Waals surface area contributed by atoms with E-state index < -0.39 is 5.60 Å². The molecular formula is C14H19FN2OS. The molecule has 1 aromatic rings. The van der Waals surface area contributed by atoms with Crippen molar-refractivity contribution in [2.45, 2.75) is 31.9 Å². The largest absolute Gasteiger partial charge is 0.390 e. The minimum Gasteiger partial charge on any atom is -0.390 e. The molecule has 0 saturated carbocycles. The highest BCUT2D eigenvalue weighted by atomic mass is 32.1. The SMILES string of the molecule is CC1(O)CCN(Cc2cccc(C(N)=S)c2F)CC1. The summed E-state index contributed by atoms with van der Waals surface area (Å²) in [5, 5.41) is 9.90. The van der Waals surface area contributed by atoms with Crippen molar-refractivity contribution < 1.29 is 9.50 Å². The Morgan fingerprint density at radius 2 is 2.11 bits per heavy atom. The zero-order chi connectivity index (χ0) is 14.0. The van der Waals surface area contributed by atoms with Gasteiger partial charge in [0.2, 0.25) is 0 Å². The van der Waals surface area contributed by atoms with Gasteiger partial charge in [-0.1, -0.05) is 24.4 Å². The number of hydrogen-bond acceptors (Lipinski definition) is 3. The highest BCUT2D eigenvalue weighted by Crippen LogP contribution is 2.23. The molecule has 0 atom stereocenters. The van der Waals surface area contributed by atoms with E-state index in [-0.39, 0.29) is 10.8 Å². The van der Waals surface area contributed by atoms with Crippen molar-refractivity contribution in [3.8, 4) is 0 Å². The van der Waals surface area contributed by atoms with Crippen LogP contribution < -0.4 is 5.73 Å². The predicted molar refractivity (Wildman–Crippen MR) is 77.4 cm³/mol. The lowest BCUT2D eigenvalue weighted by Crippen LogP contribution is -2.42. The smallest absolute Gasteiger partial charge is 0.137 e. The van der Waals surface area contributed by atoms with Gasteiger partial charge in [-0.05, 0) is 25.8 Å². The molecule has 0 unspecified atom stereocenters.